The van der Waals surface area contributed by atoms with Crippen LogP contribution in [0.15, 0.2) is 10.5 Å². The Morgan fingerprint density at radius 3 is 3.09 bits per heavy atom. The summed E-state index contributed by atoms with van der Waals surface area (Å²) in [6.45, 7) is 0. The molecule has 0 N–H and O–H groups in total. The van der Waals surface area contributed by atoms with Crippen molar-refractivity contribution in [1.29, 1.82) is 0 Å². The van der Waals surface area contributed by atoms with E-state index in [1.54, 1.807) is 6.20 Å². The van der Waals surface area contributed by atoms with E-state index in [0.29, 0.717) is 9.99 Å². The summed E-state index contributed by atoms with van der Waals surface area (Å²) in [4.78, 5) is 11.7. The van der Waals surface area contributed by atoms with Gasteiger partial charge < -0.3 is 0 Å². The molecular formula is C5H2ClN3S2. The summed E-state index contributed by atoms with van der Waals surface area (Å²) in [5.41, 5.74) is 0.611. The minimum Gasteiger partial charge on any atom is -0.225 e. The molecule has 0 unspecified atom stereocenters. The average Bonchev–Trinajstić information content (AvgIpc) is 2.27. The van der Waals surface area contributed by atoms with Gasteiger partial charge in [0, 0.05) is 0 Å². The van der Waals surface area contributed by atoms with E-state index in [-0.39, 0.29) is 5.28 Å². The van der Waals surface area contributed by atoms with Crippen LogP contribution in [-0.4, -0.2) is 15.0 Å². The van der Waals surface area contributed by atoms with E-state index in [1.807, 2.05) is 0 Å². The van der Waals surface area contributed by atoms with Crippen molar-refractivity contribution in [3.05, 3.63) is 11.5 Å². The fraction of sp³-hybridized carbons (Fsp3) is 0. The van der Waals surface area contributed by atoms with Crippen LogP contribution < -0.4 is 0 Å². The lowest BCUT2D eigenvalue weighted by Gasteiger charge is -1.84. The Balaban J connectivity index is 2.82. The number of hydrogen-bond donors (Lipinski definition) is 1. The number of rotatable bonds is 0. The van der Waals surface area contributed by atoms with Crippen LogP contribution in [0.4, 0.5) is 0 Å². The minimum absolute atomic E-state index is 0.219. The van der Waals surface area contributed by atoms with Crippen molar-refractivity contribution in [2.45, 2.75) is 4.34 Å². The summed E-state index contributed by atoms with van der Waals surface area (Å²) in [5.74, 6) is 0. The van der Waals surface area contributed by atoms with Crippen LogP contribution in [0.25, 0.3) is 10.3 Å². The van der Waals surface area contributed by atoms with Crippen LogP contribution in [0.1, 0.15) is 0 Å². The summed E-state index contributed by atoms with van der Waals surface area (Å²) < 4.78 is 1.58. The third-order valence-electron chi connectivity index (χ3n) is 1.11. The maximum Gasteiger partial charge on any atom is 0.224 e. The van der Waals surface area contributed by atoms with Crippen LogP contribution in [0, 0.1) is 0 Å². The number of halogens is 1. The van der Waals surface area contributed by atoms with Gasteiger partial charge in [0.05, 0.1) is 10.9 Å². The average molecular weight is 204 g/mol. The number of nitrogens with zero attached hydrogens (tertiary/aromatic N) is 3. The van der Waals surface area contributed by atoms with Gasteiger partial charge in [-0.25, -0.2) is 9.97 Å². The molecule has 0 amide bonds. The van der Waals surface area contributed by atoms with E-state index >= 15 is 0 Å². The molecule has 2 aromatic rings. The quantitative estimate of drug-likeness (QED) is 0.526. The summed E-state index contributed by atoms with van der Waals surface area (Å²) in [5, 5.41) is 0.219. The van der Waals surface area contributed by atoms with Crippen molar-refractivity contribution in [1.82, 2.24) is 15.0 Å². The first-order chi connectivity index (χ1) is 5.25. The molecule has 0 fully saturated rings. The van der Waals surface area contributed by atoms with E-state index in [1.165, 1.54) is 11.3 Å². The van der Waals surface area contributed by atoms with Crippen molar-refractivity contribution >= 4 is 45.9 Å². The molecule has 3 nitrogen and oxygen atoms in total. The zero-order valence-corrected chi connectivity index (χ0v) is 7.62. The molecule has 2 rings (SSSR count). The molecule has 0 saturated heterocycles. The van der Waals surface area contributed by atoms with E-state index < -0.39 is 0 Å². The van der Waals surface area contributed by atoms with Gasteiger partial charge in [0.25, 0.3) is 0 Å². The van der Waals surface area contributed by atoms with Crippen molar-refractivity contribution in [2.24, 2.45) is 0 Å². The third-order valence-corrected chi connectivity index (χ3v) is 2.45. The summed E-state index contributed by atoms with van der Waals surface area (Å²) in [6.07, 6.45) is 1.64. The summed E-state index contributed by atoms with van der Waals surface area (Å²) >= 11 is 11.0. The van der Waals surface area contributed by atoms with Crippen molar-refractivity contribution in [3.63, 3.8) is 0 Å². The molecule has 2 heterocycles. The molecule has 56 valence electrons. The molecular weight excluding hydrogens is 202 g/mol. The Morgan fingerprint density at radius 2 is 2.27 bits per heavy atom. The standard InChI is InChI=1S/C5H2ClN3S2/c6-4-7-1-2-3(8-4)9-5(10)11-2/h1H,(H,7,8,9,10). The molecule has 0 spiro atoms. The topological polar surface area (TPSA) is 38.7 Å². The van der Waals surface area contributed by atoms with Crippen LogP contribution >= 0.6 is 35.6 Å². The Kier molecular flexibility index (Phi) is 1.71. The smallest absolute Gasteiger partial charge is 0.224 e. The molecule has 0 radical (unpaired) electrons. The number of thiazole rings is 1. The molecule has 0 aliphatic rings. The Morgan fingerprint density at radius 1 is 1.45 bits per heavy atom. The Bertz CT molecular complexity index is 400. The molecule has 0 aliphatic carbocycles. The second kappa shape index (κ2) is 2.58. The number of hydrogen-bond acceptors (Lipinski definition) is 5. The van der Waals surface area contributed by atoms with Gasteiger partial charge in [-0.15, -0.1) is 24.0 Å². The van der Waals surface area contributed by atoms with Crippen LogP contribution in [-0.2, 0) is 0 Å². The predicted molar refractivity (Wildman–Crippen MR) is 47.5 cm³/mol. The van der Waals surface area contributed by atoms with Gasteiger partial charge in [-0.3, -0.25) is 0 Å². The highest BCUT2D eigenvalue weighted by molar-refractivity contribution is 7.82. The zero-order valence-electron chi connectivity index (χ0n) is 5.15. The van der Waals surface area contributed by atoms with Gasteiger partial charge in [-0.05, 0) is 11.6 Å². The second-order valence-corrected chi connectivity index (χ2v) is 3.92. The van der Waals surface area contributed by atoms with Crippen LogP contribution in [0.3, 0.4) is 0 Å². The highest BCUT2D eigenvalue weighted by Gasteiger charge is 2.02. The second-order valence-electron chi connectivity index (χ2n) is 1.82. The first-order valence-electron chi connectivity index (χ1n) is 2.74. The van der Waals surface area contributed by atoms with Gasteiger partial charge in [-0.1, -0.05) is 0 Å². The van der Waals surface area contributed by atoms with Gasteiger partial charge in [0.1, 0.15) is 4.34 Å². The van der Waals surface area contributed by atoms with E-state index in [4.69, 9.17) is 11.6 Å². The largest absolute Gasteiger partial charge is 0.225 e. The summed E-state index contributed by atoms with van der Waals surface area (Å²) in [6, 6.07) is 0. The maximum atomic E-state index is 5.55. The summed E-state index contributed by atoms with van der Waals surface area (Å²) in [7, 11) is 0. The molecule has 0 atom stereocenters. The van der Waals surface area contributed by atoms with Gasteiger partial charge in [0.2, 0.25) is 5.28 Å². The normalized spacial score (nSPS) is 10.7. The molecule has 0 aliphatic heterocycles. The molecule has 2 aromatic heterocycles. The fourth-order valence-electron chi connectivity index (χ4n) is 0.705. The lowest BCUT2D eigenvalue weighted by atomic mass is 10.6. The zero-order chi connectivity index (χ0) is 7.84. The number of thiol groups is 1. The van der Waals surface area contributed by atoms with Crippen molar-refractivity contribution < 1.29 is 0 Å². The fourth-order valence-corrected chi connectivity index (χ4v) is 1.84. The van der Waals surface area contributed by atoms with Gasteiger partial charge >= 0.3 is 0 Å². The Hall–Kier alpha value is -0.390. The van der Waals surface area contributed by atoms with E-state index in [2.05, 4.69) is 27.6 Å². The third kappa shape index (κ3) is 1.31. The highest BCUT2D eigenvalue weighted by atomic mass is 35.5. The van der Waals surface area contributed by atoms with Crippen molar-refractivity contribution in [3.8, 4) is 0 Å². The van der Waals surface area contributed by atoms with Gasteiger partial charge in [0.15, 0.2) is 5.65 Å². The lowest BCUT2D eigenvalue weighted by molar-refractivity contribution is 1.17. The minimum atomic E-state index is 0.219. The SMILES string of the molecule is Sc1nc2nc(Cl)ncc2s1. The highest BCUT2D eigenvalue weighted by Crippen LogP contribution is 2.22. The number of fused-ring (bicyclic) bond motifs is 1. The molecule has 6 heteroatoms. The first-order valence-corrected chi connectivity index (χ1v) is 4.38. The van der Waals surface area contributed by atoms with Crippen LogP contribution in [0.5, 0.6) is 0 Å². The molecule has 0 aromatic carbocycles. The van der Waals surface area contributed by atoms with E-state index in [9.17, 15) is 0 Å². The first kappa shape index (κ1) is 7.27. The maximum absolute atomic E-state index is 5.55. The lowest BCUT2D eigenvalue weighted by Crippen LogP contribution is -1.80. The predicted octanol–water partition coefficient (Wildman–Crippen LogP) is 2.03. The molecule has 0 saturated carbocycles. The molecule has 0 bridgehead atoms. The Labute approximate surface area is 76.9 Å². The van der Waals surface area contributed by atoms with Crippen LogP contribution in [0.2, 0.25) is 5.28 Å². The van der Waals surface area contributed by atoms with Crippen molar-refractivity contribution in [2.75, 3.05) is 0 Å². The molecule has 11 heavy (non-hydrogen) atoms. The monoisotopic (exact) mass is 203 g/mol. The van der Waals surface area contributed by atoms with Gasteiger partial charge in [-0.2, -0.15) is 4.98 Å². The van der Waals surface area contributed by atoms with E-state index in [0.717, 1.165) is 4.70 Å². The number of aromatic nitrogens is 3.